The molecule has 1 aromatic carbocycles. The molecule has 0 unspecified atom stereocenters. The molecule has 1 aromatic heterocycles. The summed E-state index contributed by atoms with van der Waals surface area (Å²) in [6, 6.07) is 5.55. The van der Waals surface area contributed by atoms with E-state index in [0.717, 1.165) is 10.9 Å². The summed E-state index contributed by atoms with van der Waals surface area (Å²) < 4.78 is 10.7. The van der Waals surface area contributed by atoms with E-state index in [9.17, 15) is 9.59 Å². The van der Waals surface area contributed by atoms with Crippen molar-refractivity contribution < 1.29 is 18.7 Å². The van der Waals surface area contributed by atoms with E-state index in [-0.39, 0.29) is 30.8 Å². The number of amides is 2. The number of furan rings is 1. The van der Waals surface area contributed by atoms with Gasteiger partial charge in [-0.05, 0) is 32.9 Å². The predicted molar refractivity (Wildman–Crippen MR) is 92.0 cm³/mol. The van der Waals surface area contributed by atoms with Gasteiger partial charge in [-0.15, -0.1) is 0 Å². The van der Waals surface area contributed by atoms with E-state index in [2.05, 4.69) is 5.32 Å². The van der Waals surface area contributed by atoms with Crippen LogP contribution < -0.4 is 10.1 Å². The van der Waals surface area contributed by atoms with Crippen LogP contribution in [-0.2, 0) is 16.0 Å². The van der Waals surface area contributed by atoms with Crippen LogP contribution in [0.25, 0.3) is 11.0 Å². The van der Waals surface area contributed by atoms with Gasteiger partial charge in [-0.25, -0.2) is 0 Å². The van der Waals surface area contributed by atoms with Gasteiger partial charge in [0.15, 0.2) is 0 Å². The Labute approximate surface area is 141 Å². The lowest BCUT2D eigenvalue weighted by atomic mass is 10.1. The highest BCUT2D eigenvalue weighted by molar-refractivity contribution is 5.90. The molecule has 2 rings (SSSR count). The molecular weight excluding hydrogens is 308 g/mol. The normalized spacial score (nSPS) is 10.9. The number of methoxy groups -OCH3 is 1. The number of likely N-dealkylation sites (N-methyl/N-ethyl adjacent to an activating group) is 1. The molecule has 0 bridgehead atoms. The van der Waals surface area contributed by atoms with Crippen LogP contribution in [0.1, 0.15) is 26.3 Å². The van der Waals surface area contributed by atoms with Gasteiger partial charge in [-0.1, -0.05) is 0 Å². The van der Waals surface area contributed by atoms with Crippen LogP contribution in [0, 0.1) is 0 Å². The summed E-state index contributed by atoms with van der Waals surface area (Å²) >= 11 is 0. The summed E-state index contributed by atoms with van der Waals surface area (Å²) in [5, 5.41) is 3.68. The number of nitrogens with one attached hydrogen (secondary N) is 1. The lowest BCUT2D eigenvalue weighted by molar-refractivity contribution is -0.135. The van der Waals surface area contributed by atoms with Crippen LogP contribution in [0.15, 0.2) is 28.9 Å². The number of hydrogen-bond acceptors (Lipinski definition) is 4. The molecule has 0 radical (unpaired) electrons. The Hall–Kier alpha value is -2.50. The maximum atomic E-state index is 12.5. The smallest absolute Gasteiger partial charge is 0.239 e. The molecule has 1 N–H and O–H groups in total. The van der Waals surface area contributed by atoms with Crippen molar-refractivity contribution in [3.8, 4) is 5.75 Å². The minimum atomic E-state index is -0.151. The molecule has 0 aliphatic rings. The fourth-order valence-electron chi connectivity index (χ4n) is 2.52. The first kappa shape index (κ1) is 17.8. The first-order chi connectivity index (χ1) is 11.4. The van der Waals surface area contributed by atoms with E-state index >= 15 is 0 Å². The van der Waals surface area contributed by atoms with Gasteiger partial charge in [-0.3, -0.25) is 9.59 Å². The minimum absolute atomic E-state index is 0.0547. The van der Waals surface area contributed by atoms with Crippen LogP contribution in [0.4, 0.5) is 0 Å². The van der Waals surface area contributed by atoms with Crippen molar-refractivity contribution in [2.24, 2.45) is 0 Å². The van der Waals surface area contributed by atoms with Crippen molar-refractivity contribution in [3.05, 3.63) is 30.0 Å². The molecule has 0 aliphatic carbocycles. The second-order valence-corrected chi connectivity index (χ2v) is 5.93. The molecular formula is C18H24N2O4. The molecule has 2 amide bonds. The van der Waals surface area contributed by atoms with Crippen LogP contribution in [0.2, 0.25) is 0 Å². The molecule has 1 heterocycles. The molecule has 0 saturated heterocycles. The number of hydrogen-bond donors (Lipinski definition) is 1. The standard InChI is InChI=1S/C18H24N2O4/c1-5-20(10-17(21)19-12(2)3)18(22)8-13-11-24-16-9-14(23-4)6-7-15(13)16/h6-7,9,11-12H,5,8,10H2,1-4H3,(H,19,21). The predicted octanol–water partition coefficient (Wildman–Crippen LogP) is 2.36. The third kappa shape index (κ3) is 4.28. The first-order valence-corrected chi connectivity index (χ1v) is 8.05. The third-order valence-electron chi connectivity index (χ3n) is 3.72. The summed E-state index contributed by atoms with van der Waals surface area (Å²) in [7, 11) is 1.59. The Morgan fingerprint density at radius 1 is 1.33 bits per heavy atom. The topological polar surface area (TPSA) is 71.8 Å². The fraction of sp³-hybridized carbons (Fsp3) is 0.444. The Morgan fingerprint density at radius 3 is 2.71 bits per heavy atom. The second kappa shape index (κ2) is 7.86. The molecule has 6 heteroatoms. The zero-order valence-electron chi connectivity index (χ0n) is 14.6. The number of fused-ring (bicyclic) bond motifs is 1. The lowest BCUT2D eigenvalue weighted by Crippen LogP contribution is -2.43. The molecule has 6 nitrogen and oxygen atoms in total. The summed E-state index contributed by atoms with van der Waals surface area (Å²) in [4.78, 5) is 25.9. The third-order valence-corrected chi connectivity index (χ3v) is 3.72. The number of nitrogens with zero attached hydrogens (tertiary/aromatic N) is 1. The van der Waals surface area contributed by atoms with Gasteiger partial charge in [0, 0.05) is 29.6 Å². The van der Waals surface area contributed by atoms with Gasteiger partial charge >= 0.3 is 0 Å². The van der Waals surface area contributed by atoms with E-state index < -0.39 is 0 Å². The van der Waals surface area contributed by atoms with Crippen LogP contribution in [-0.4, -0.2) is 43.0 Å². The fourth-order valence-corrected chi connectivity index (χ4v) is 2.52. The van der Waals surface area contributed by atoms with Crippen LogP contribution in [0.3, 0.4) is 0 Å². The van der Waals surface area contributed by atoms with Gasteiger partial charge in [0.05, 0.1) is 26.3 Å². The van der Waals surface area contributed by atoms with Crippen molar-refractivity contribution in [3.63, 3.8) is 0 Å². The highest BCUT2D eigenvalue weighted by Crippen LogP contribution is 2.26. The molecule has 0 aliphatic heterocycles. The molecule has 0 saturated carbocycles. The quantitative estimate of drug-likeness (QED) is 0.845. The van der Waals surface area contributed by atoms with Gasteiger partial charge in [0.25, 0.3) is 0 Å². The summed E-state index contributed by atoms with van der Waals surface area (Å²) in [6.07, 6.45) is 1.78. The van der Waals surface area contributed by atoms with Gasteiger partial charge in [0.2, 0.25) is 11.8 Å². The Balaban J connectivity index is 2.08. The minimum Gasteiger partial charge on any atom is -0.497 e. The van der Waals surface area contributed by atoms with Crippen molar-refractivity contribution >= 4 is 22.8 Å². The molecule has 0 atom stereocenters. The Morgan fingerprint density at radius 2 is 2.08 bits per heavy atom. The summed E-state index contributed by atoms with van der Waals surface area (Å²) in [5.74, 6) is 0.451. The molecule has 24 heavy (non-hydrogen) atoms. The van der Waals surface area contributed by atoms with Crippen molar-refractivity contribution in [1.82, 2.24) is 10.2 Å². The van der Waals surface area contributed by atoms with E-state index in [1.165, 1.54) is 0 Å². The highest BCUT2D eigenvalue weighted by Gasteiger charge is 2.18. The van der Waals surface area contributed by atoms with Gasteiger partial charge in [0.1, 0.15) is 11.3 Å². The van der Waals surface area contributed by atoms with Crippen LogP contribution in [0.5, 0.6) is 5.75 Å². The van der Waals surface area contributed by atoms with Crippen molar-refractivity contribution in [2.45, 2.75) is 33.2 Å². The molecule has 130 valence electrons. The number of ether oxygens (including phenoxy) is 1. The van der Waals surface area contributed by atoms with E-state index in [4.69, 9.17) is 9.15 Å². The van der Waals surface area contributed by atoms with Crippen molar-refractivity contribution in [2.75, 3.05) is 20.2 Å². The molecule has 0 spiro atoms. The van der Waals surface area contributed by atoms with E-state index in [1.807, 2.05) is 32.9 Å². The maximum absolute atomic E-state index is 12.5. The summed E-state index contributed by atoms with van der Waals surface area (Å²) in [6.45, 7) is 6.19. The zero-order chi connectivity index (χ0) is 17.7. The Bertz CT molecular complexity index is 721. The molecule has 0 fully saturated rings. The average molecular weight is 332 g/mol. The second-order valence-electron chi connectivity index (χ2n) is 5.93. The van der Waals surface area contributed by atoms with E-state index in [0.29, 0.717) is 17.9 Å². The largest absolute Gasteiger partial charge is 0.497 e. The van der Waals surface area contributed by atoms with Crippen molar-refractivity contribution in [1.29, 1.82) is 0 Å². The van der Waals surface area contributed by atoms with E-state index in [1.54, 1.807) is 24.3 Å². The number of carbonyl (C=O) groups excluding carboxylic acids is 2. The first-order valence-electron chi connectivity index (χ1n) is 8.05. The number of rotatable bonds is 7. The van der Waals surface area contributed by atoms with Gasteiger partial charge in [-0.2, -0.15) is 0 Å². The molecule has 2 aromatic rings. The van der Waals surface area contributed by atoms with Crippen LogP contribution >= 0.6 is 0 Å². The summed E-state index contributed by atoms with van der Waals surface area (Å²) in [5.41, 5.74) is 1.48. The number of carbonyl (C=O) groups is 2. The Kier molecular flexibility index (Phi) is 5.84. The SMILES string of the molecule is CCN(CC(=O)NC(C)C)C(=O)Cc1coc2cc(OC)ccc12. The lowest BCUT2D eigenvalue weighted by Gasteiger charge is -2.21. The highest BCUT2D eigenvalue weighted by atomic mass is 16.5. The van der Waals surface area contributed by atoms with Gasteiger partial charge < -0.3 is 19.4 Å². The number of benzene rings is 1. The monoisotopic (exact) mass is 332 g/mol. The average Bonchev–Trinajstić information content (AvgIpc) is 2.93. The maximum Gasteiger partial charge on any atom is 0.239 e. The zero-order valence-corrected chi connectivity index (χ0v) is 14.6.